The number of rotatable bonds is 10. The Morgan fingerprint density at radius 3 is 1.79 bits per heavy atom. The largest absolute Gasteiger partial charge is 0.481 e. The number of hydrogen-bond acceptors (Lipinski definition) is 4. The Balaban J connectivity index is 0.00000267. The molecule has 1 aliphatic rings. The SMILES string of the molecule is CC(C)(C(=O)O)c1ccc(C(O)CCCN2CCC(C(O)(c3ccccc3)c3ccccc3)CC2)cc1.O.O. The number of aliphatic hydroxyl groups excluding tert-OH is 1. The van der Waals surface area contributed by atoms with Gasteiger partial charge in [-0.25, -0.2) is 0 Å². The van der Waals surface area contributed by atoms with Crippen LogP contribution < -0.4 is 0 Å². The van der Waals surface area contributed by atoms with Gasteiger partial charge in [-0.05, 0) is 87.3 Å². The molecule has 1 unspecified atom stereocenters. The second kappa shape index (κ2) is 13.8. The number of hydrogen-bond donors (Lipinski definition) is 3. The van der Waals surface area contributed by atoms with Gasteiger partial charge in [-0.15, -0.1) is 0 Å². The predicted octanol–water partition coefficient (Wildman–Crippen LogP) is 3.86. The number of aliphatic carboxylic acids is 1. The molecule has 4 rings (SSSR count). The number of carboxylic acid groups (broad SMARTS) is 1. The number of aliphatic hydroxyl groups is 2. The highest BCUT2D eigenvalue weighted by Gasteiger charge is 2.41. The Morgan fingerprint density at radius 2 is 1.33 bits per heavy atom. The monoisotopic (exact) mass is 537 g/mol. The highest BCUT2D eigenvalue weighted by molar-refractivity contribution is 5.80. The molecule has 3 aromatic carbocycles. The average molecular weight is 538 g/mol. The van der Waals surface area contributed by atoms with Crippen molar-refractivity contribution in [3.63, 3.8) is 0 Å². The summed E-state index contributed by atoms with van der Waals surface area (Å²) in [5.74, 6) is -0.733. The molecule has 7 nitrogen and oxygen atoms in total. The van der Waals surface area contributed by atoms with Crippen molar-refractivity contribution >= 4 is 5.97 Å². The first kappa shape index (κ1) is 32.1. The summed E-state index contributed by atoms with van der Waals surface area (Å²) < 4.78 is 0. The van der Waals surface area contributed by atoms with Crippen molar-refractivity contribution in [3.8, 4) is 0 Å². The van der Waals surface area contributed by atoms with Crippen molar-refractivity contribution in [1.82, 2.24) is 4.90 Å². The molecule has 1 fully saturated rings. The molecule has 0 amide bonds. The van der Waals surface area contributed by atoms with Crippen molar-refractivity contribution in [1.29, 1.82) is 0 Å². The molecule has 0 bridgehead atoms. The van der Waals surface area contributed by atoms with Crippen LogP contribution in [0.3, 0.4) is 0 Å². The van der Waals surface area contributed by atoms with Crippen molar-refractivity contribution in [2.75, 3.05) is 19.6 Å². The normalized spacial score (nSPS) is 15.6. The molecule has 0 radical (unpaired) electrons. The van der Waals surface area contributed by atoms with Crippen LogP contribution in [-0.4, -0.2) is 56.8 Å². The van der Waals surface area contributed by atoms with Gasteiger partial charge in [-0.1, -0.05) is 84.9 Å². The van der Waals surface area contributed by atoms with E-state index in [1.165, 1.54) is 0 Å². The molecule has 1 saturated heterocycles. The molecule has 0 aliphatic carbocycles. The standard InChI is InChI=1S/C32H39NO4.2H2O/c1-31(2,30(35)36)25-17-15-24(16-18-25)29(34)14-9-21-33-22-19-28(20-23-33)32(37,26-10-5-3-6-11-26)27-12-7-4-8-13-27;;/h3-8,10-13,15-18,28-29,34,37H,9,14,19-23H2,1-2H3,(H,35,36);2*1H2. The first-order chi connectivity index (χ1) is 17.7. The number of carboxylic acids is 1. The van der Waals surface area contributed by atoms with Crippen LogP contribution in [0.1, 0.15) is 67.9 Å². The fraction of sp³-hybridized carbons (Fsp3) is 0.406. The van der Waals surface area contributed by atoms with Gasteiger partial charge >= 0.3 is 5.97 Å². The van der Waals surface area contributed by atoms with Crippen LogP contribution in [-0.2, 0) is 15.8 Å². The third-order valence-electron chi connectivity index (χ3n) is 8.11. The summed E-state index contributed by atoms with van der Waals surface area (Å²) in [6.07, 6.45) is 2.77. The van der Waals surface area contributed by atoms with Gasteiger partial charge in [0.15, 0.2) is 0 Å². The van der Waals surface area contributed by atoms with Gasteiger partial charge in [-0.3, -0.25) is 4.79 Å². The van der Waals surface area contributed by atoms with Crippen LogP contribution in [0.25, 0.3) is 0 Å². The van der Waals surface area contributed by atoms with Gasteiger partial charge in [-0.2, -0.15) is 0 Å². The van der Waals surface area contributed by atoms with E-state index in [2.05, 4.69) is 4.90 Å². The quantitative estimate of drug-likeness (QED) is 0.360. The van der Waals surface area contributed by atoms with Gasteiger partial charge in [0.25, 0.3) is 0 Å². The number of likely N-dealkylation sites (tertiary alicyclic amines) is 1. The second-order valence-corrected chi connectivity index (χ2v) is 10.8. The lowest BCUT2D eigenvalue weighted by Gasteiger charge is -2.42. The molecule has 7 heteroatoms. The van der Waals surface area contributed by atoms with E-state index in [0.717, 1.165) is 61.2 Å². The highest BCUT2D eigenvalue weighted by Crippen LogP contribution is 2.42. The lowest BCUT2D eigenvalue weighted by atomic mass is 9.72. The molecule has 0 saturated carbocycles. The first-order valence-electron chi connectivity index (χ1n) is 13.3. The van der Waals surface area contributed by atoms with E-state index in [1.54, 1.807) is 26.0 Å². The van der Waals surface area contributed by atoms with Gasteiger partial charge in [0.05, 0.1) is 11.5 Å². The second-order valence-electron chi connectivity index (χ2n) is 10.8. The molecule has 0 aromatic heterocycles. The third kappa shape index (κ3) is 7.12. The van der Waals surface area contributed by atoms with E-state index in [-0.39, 0.29) is 16.9 Å². The van der Waals surface area contributed by atoms with Gasteiger partial charge < -0.3 is 31.2 Å². The summed E-state index contributed by atoms with van der Waals surface area (Å²) in [5, 5.41) is 32.2. The first-order valence-corrected chi connectivity index (χ1v) is 13.3. The maximum absolute atomic E-state index is 12.1. The maximum Gasteiger partial charge on any atom is 0.313 e. The molecular weight excluding hydrogens is 494 g/mol. The average Bonchev–Trinajstić information content (AvgIpc) is 2.94. The maximum atomic E-state index is 12.1. The lowest BCUT2D eigenvalue weighted by molar-refractivity contribution is -0.142. The van der Waals surface area contributed by atoms with Crippen LogP contribution in [0.5, 0.6) is 0 Å². The van der Waals surface area contributed by atoms with Gasteiger partial charge in [0.2, 0.25) is 0 Å². The summed E-state index contributed by atoms with van der Waals surface area (Å²) in [7, 11) is 0. The molecule has 1 atom stereocenters. The van der Waals surface area contributed by atoms with E-state index < -0.39 is 23.1 Å². The fourth-order valence-electron chi connectivity index (χ4n) is 5.52. The van der Waals surface area contributed by atoms with Crippen LogP contribution in [0.15, 0.2) is 84.9 Å². The van der Waals surface area contributed by atoms with Crippen molar-refractivity contribution in [2.45, 2.75) is 56.7 Å². The summed E-state index contributed by atoms with van der Waals surface area (Å²) in [5.41, 5.74) is 1.47. The Labute approximate surface area is 231 Å². The van der Waals surface area contributed by atoms with Crippen molar-refractivity contribution < 1.29 is 31.1 Å². The zero-order valence-corrected chi connectivity index (χ0v) is 22.9. The zero-order chi connectivity index (χ0) is 26.5. The topological polar surface area (TPSA) is 144 Å². The molecule has 39 heavy (non-hydrogen) atoms. The minimum atomic E-state index is -1.01. The summed E-state index contributed by atoms with van der Waals surface area (Å²) in [6.45, 7) is 6.11. The number of nitrogens with zero attached hydrogens (tertiary/aromatic N) is 1. The summed E-state index contributed by atoms with van der Waals surface area (Å²) in [6, 6.07) is 27.3. The molecular formula is C32H43NO6. The Bertz CT molecular complexity index is 1100. The summed E-state index contributed by atoms with van der Waals surface area (Å²) >= 11 is 0. The lowest BCUT2D eigenvalue weighted by Crippen LogP contribution is -2.44. The minimum Gasteiger partial charge on any atom is -0.481 e. The molecule has 0 spiro atoms. The predicted molar refractivity (Wildman–Crippen MR) is 154 cm³/mol. The molecule has 1 aliphatic heterocycles. The molecule has 3 aromatic rings. The van der Waals surface area contributed by atoms with Crippen LogP contribution in [0, 0.1) is 5.92 Å². The number of piperidine rings is 1. The zero-order valence-electron chi connectivity index (χ0n) is 22.9. The molecule has 212 valence electrons. The van der Waals surface area contributed by atoms with E-state index in [4.69, 9.17) is 0 Å². The Hall–Kier alpha value is -3.07. The minimum absolute atomic E-state index is 0. The fourth-order valence-corrected chi connectivity index (χ4v) is 5.52. The van der Waals surface area contributed by atoms with Crippen molar-refractivity contribution in [3.05, 3.63) is 107 Å². The van der Waals surface area contributed by atoms with E-state index >= 15 is 0 Å². The van der Waals surface area contributed by atoms with Crippen LogP contribution >= 0.6 is 0 Å². The third-order valence-corrected chi connectivity index (χ3v) is 8.11. The summed E-state index contributed by atoms with van der Waals surface area (Å²) in [4.78, 5) is 13.9. The Kier molecular flexibility index (Phi) is 11.4. The van der Waals surface area contributed by atoms with Gasteiger partial charge in [0.1, 0.15) is 5.60 Å². The van der Waals surface area contributed by atoms with Crippen molar-refractivity contribution in [2.24, 2.45) is 5.92 Å². The van der Waals surface area contributed by atoms with Crippen LogP contribution in [0.4, 0.5) is 0 Å². The molecule has 1 heterocycles. The smallest absolute Gasteiger partial charge is 0.313 e. The van der Waals surface area contributed by atoms with Gasteiger partial charge in [0, 0.05) is 0 Å². The van der Waals surface area contributed by atoms with E-state index in [1.807, 2.05) is 72.8 Å². The van der Waals surface area contributed by atoms with E-state index in [0.29, 0.717) is 6.42 Å². The van der Waals surface area contributed by atoms with E-state index in [9.17, 15) is 20.1 Å². The number of carbonyl (C=O) groups is 1. The highest BCUT2D eigenvalue weighted by atomic mass is 16.4. The molecule has 7 N–H and O–H groups in total. The van der Waals surface area contributed by atoms with Crippen LogP contribution in [0.2, 0.25) is 0 Å². The number of benzene rings is 3. The Morgan fingerprint density at radius 1 is 0.846 bits per heavy atom.